The van der Waals surface area contributed by atoms with Gasteiger partial charge in [-0.2, -0.15) is 0 Å². The molecule has 2 aliphatic heterocycles. The van der Waals surface area contributed by atoms with Crippen molar-refractivity contribution in [3.05, 3.63) is 47.9 Å². The quantitative estimate of drug-likeness (QED) is 0.0602. The van der Waals surface area contributed by atoms with Gasteiger partial charge in [0, 0.05) is 26.2 Å². The van der Waals surface area contributed by atoms with Crippen LogP contribution in [0.4, 0.5) is 0 Å². The van der Waals surface area contributed by atoms with E-state index in [1.807, 2.05) is 0 Å². The molecule has 0 aromatic heterocycles. The fourth-order valence-corrected chi connectivity index (χ4v) is 9.25. The summed E-state index contributed by atoms with van der Waals surface area (Å²) in [5.74, 6) is 0. The summed E-state index contributed by atoms with van der Waals surface area (Å²) in [6.45, 7) is 6.56. The number of unbranched alkanes of at least 4 members (excludes halogenated alkanes) is 35. The molecular weight excluding hydrogens is 705 g/mol. The van der Waals surface area contributed by atoms with Crippen molar-refractivity contribution in [3.8, 4) is 0 Å². The van der Waals surface area contributed by atoms with Crippen molar-refractivity contribution in [2.24, 2.45) is 11.5 Å². The van der Waals surface area contributed by atoms with Crippen molar-refractivity contribution in [3.63, 3.8) is 0 Å². The Hall–Kier alpha value is -1.52. The van der Waals surface area contributed by atoms with Crippen molar-refractivity contribution < 1.29 is 0 Å². The summed E-state index contributed by atoms with van der Waals surface area (Å²) in [6, 6.07) is 0. The van der Waals surface area contributed by atoms with Crippen molar-refractivity contribution in [2.45, 2.75) is 257 Å². The van der Waals surface area contributed by atoms with Gasteiger partial charge in [-0.3, -0.25) is 0 Å². The van der Waals surface area contributed by atoms with Crippen LogP contribution < -0.4 is 11.5 Å². The van der Waals surface area contributed by atoms with Gasteiger partial charge >= 0.3 is 0 Å². The number of rotatable bonds is 45. The van der Waals surface area contributed by atoms with Crippen molar-refractivity contribution in [1.29, 1.82) is 0 Å². The van der Waals surface area contributed by atoms with Gasteiger partial charge in [0.05, 0.1) is 0 Å². The third-order valence-electron chi connectivity index (χ3n) is 13.1. The van der Waals surface area contributed by atoms with Crippen LogP contribution in [0.3, 0.4) is 0 Å². The highest BCUT2D eigenvalue weighted by molar-refractivity contribution is 5.19. The second-order valence-electron chi connectivity index (χ2n) is 18.8. The van der Waals surface area contributed by atoms with Gasteiger partial charge in [0.15, 0.2) is 0 Å². The molecule has 0 aromatic rings. The topological polar surface area (TPSA) is 58.5 Å². The third kappa shape index (κ3) is 34.2. The molecule has 58 heavy (non-hydrogen) atoms. The molecule has 0 aromatic carbocycles. The molecule has 0 spiro atoms. The molecular formula is C54H102N4. The van der Waals surface area contributed by atoms with Crippen molar-refractivity contribution in [1.82, 2.24) is 9.80 Å². The molecule has 2 aliphatic rings. The minimum absolute atomic E-state index is 0.866. The molecule has 4 N–H and O–H groups in total. The van der Waals surface area contributed by atoms with E-state index in [0.717, 1.165) is 13.1 Å². The molecule has 0 aliphatic carbocycles. The van der Waals surface area contributed by atoms with E-state index in [1.54, 1.807) is 11.1 Å². The highest BCUT2D eigenvalue weighted by atomic mass is 15.1. The van der Waals surface area contributed by atoms with Gasteiger partial charge in [-0.05, 0) is 89.0 Å². The van der Waals surface area contributed by atoms with Gasteiger partial charge in [0.25, 0.3) is 0 Å². The fourth-order valence-electron chi connectivity index (χ4n) is 9.25. The van der Waals surface area contributed by atoms with E-state index < -0.39 is 0 Å². The summed E-state index contributed by atoms with van der Waals surface area (Å²) in [5.41, 5.74) is 14.5. The molecule has 4 nitrogen and oxygen atoms in total. The minimum atomic E-state index is 0.866. The number of hydrogen-bond acceptors (Lipinski definition) is 4. The highest BCUT2D eigenvalue weighted by Crippen LogP contribution is 2.21. The van der Waals surface area contributed by atoms with Crippen molar-refractivity contribution >= 4 is 0 Å². The molecule has 0 bridgehead atoms. The molecule has 0 saturated heterocycles. The number of nitrogens with two attached hydrogens (primary N) is 2. The largest absolute Gasteiger partial charge is 0.373 e. The molecule has 0 radical (unpaired) electrons. The molecule has 0 fully saturated rings. The van der Waals surface area contributed by atoms with Crippen LogP contribution in [-0.2, 0) is 0 Å². The predicted molar refractivity (Wildman–Crippen MR) is 260 cm³/mol. The highest BCUT2D eigenvalue weighted by Gasteiger charge is 2.09. The van der Waals surface area contributed by atoms with E-state index >= 15 is 0 Å². The lowest BCUT2D eigenvalue weighted by molar-refractivity contribution is 0.378. The zero-order valence-electron chi connectivity index (χ0n) is 39.0. The van der Waals surface area contributed by atoms with Crippen LogP contribution in [0.5, 0.6) is 0 Å². The Kier molecular flexibility index (Phi) is 38.3. The normalized spacial score (nSPS) is 14.2. The summed E-state index contributed by atoms with van der Waals surface area (Å²) >= 11 is 0. The lowest BCUT2D eigenvalue weighted by Crippen LogP contribution is -2.23. The van der Waals surface area contributed by atoms with E-state index in [0.29, 0.717) is 0 Å². The second kappa shape index (κ2) is 42.2. The zero-order chi connectivity index (χ0) is 41.1. The fraction of sp³-hybridized carbons (Fsp3) is 0.852. The van der Waals surface area contributed by atoms with Gasteiger partial charge in [-0.15, -0.1) is 0 Å². The Bertz CT molecular complexity index is 904. The maximum absolute atomic E-state index is 5.58. The van der Waals surface area contributed by atoms with Gasteiger partial charge in [-0.1, -0.05) is 229 Å². The van der Waals surface area contributed by atoms with E-state index in [4.69, 9.17) is 11.5 Å². The predicted octanol–water partition coefficient (Wildman–Crippen LogP) is 16.0. The first-order chi connectivity index (χ1) is 28.8. The summed E-state index contributed by atoms with van der Waals surface area (Å²) in [4.78, 5) is 5.15. The second-order valence-corrected chi connectivity index (χ2v) is 18.8. The van der Waals surface area contributed by atoms with Crippen LogP contribution in [-0.4, -0.2) is 49.1 Å². The van der Waals surface area contributed by atoms with E-state index in [1.165, 1.54) is 283 Å². The first-order valence-corrected chi connectivity index (χ1v) is 26.4. The Balaban J connectivity index is 1.28. The SMILES string of the molecule is NCCCCCCCCCCCCCCCCN1C=CC=C(CCCCCCCCCCCCC2=CC=CN(CCCCCCCCCCCCCCCCN)C2)C1. The summed E-state index contributed by atoms with van der Waals surface area (Å²) in [6.07, 6.45) is 70.1. The zero-order valence-corrected chi connectivity index (χ0v) is 39.0. The van der Waals surface area contributed by atoms with Gasteiger partial charge in [-0.25, -0.2) is 0 Å². The first-order valence-electron chi connectivity index (χ1n) is 26.4. The van der Waals surface area contributed by atoms with Crippen molar-refractivity contribution in [2.75, 3.05) is 39.3 Å². The van der Waals surface area contributed by atoms with Crippen LogP contribution in [0, 0.1) is 0 Å². The average Bonchev–Trinajstić information content (AvgIpc) is 3.24. The van der Waals surface area contributed by atoms with Crippen LogP contribution in [0.1, 0.15) is 257 Å². The average molecular weight is 807 g/mol. The molecule has 4 heteroatoms. The lowest BCUT2D eigenvalue weighted by atomic mass is 10.0. The third-order valence-corrected chi connectivity index (χ3v) is 13.1. The standard InChI is InChI=1S/C54H102N4/c55-45-35-29-23-17-11-5-1-3-7-13-19-25-31-37-47-57-49-39-43-53(51-57)41-33-27-21-15-9-10-16-22-28-34-42-54-44-40-50-58(52-54)48-38-32-26-20-14-8-4-2-6-12-18-24-30-36-46-56/h39-40,43-44,49-50H,1-38,41-42,45-48,51-52,55-56H2. The van der Waals surface area contributed by atoms with Gasteiger partial charge < -0.3 is 21.3 Å². The van der Waals surface area contributed by atoms with Crippen LogP contribution >= 0.6 is 0 Å². The first kappa shape index (κ1) is 52.6. The maximum atomic E-state index is 5.58. The summed E-state index contributed by atoms with van der Waals surface area (Å²) in [5, 5.41) is 0. The molecule has 338 valence electrons. The van der Waals surface area contributed by atoms with Gasteiger partial charge in [0.2, 0.25) is 0 Å². The number of nitrogens with zero attached hydrogens (tertiary/aromatic N) is 2. The Morgan fingerprint density at radius 3 is 0.776 bits per heavy atom. The smallest absolute Gasteiger partial charge is 0.0386 e. The molecule has 2 heterocycles. The van der Waals surface area contributed by atoms with E-state index in [2.05, 4.69) is 46.5 Å². The monoisotopic (exact) mass is 807 g/mol. The lowest BCUT2D eigenvalue weighted by Gasteiger charge is -2.25. The number of hydrogen-bond donors (Lipinski definition) is 2. The Morgan fingerprint density at radius 1 is 0.293 bits per heavy atom. The summed E-state index contributed by atoms with van der Waals surface area (Å²) < 4.78 is 0. The summed E-state index contributed by atoms with van der Waals surface area (Å²) in [7, 11) is 0. The minimum Gasteiger partial charge on any atom is -0.373 e. The van der Waals surface area contributed by atoms with E-state index in [9.17, 15) is 0 Å². The van der Waals surface area contributed by atoms with Gasteiger partial charge in [0.1, 0.15) is 0 Å². The van der Waals surface area contributed by atoms with Crippen LogP contribution in [0.15, 0.2) is 47.9 Å². The van der Waals surface area contributed by atoms with Crippen LogP contribution in [0.25, 0.3) is 0 Å². The molecule has 0 unspecified atom stereocenters. The molecule has 0 amide bonds. The maximum Gasteiger partial charge on any atom is 0.0386 e. The molecule has 2 rings (SSSR count). The van der Waals surface area contributed by atoms with Crippen LogP contribution in [0.2, 0.25) is 0 Å². The Labute approximate surface area is 364 Å². The molecule has 0 saturated carbocycles. The molecule has 0 atom stereocenters. The Morgan fingerprint density at radius 2 is 0.517 bits per heavy atom. The van der Waals surface area contributed by atoms with E-state index in [-0.39, 0.29) is 0 Å². The number of allylic oxidation sites excluding steroid dienone is 4.